The third kappa shape index (κ3) is 2.46. The molecular weight excluding hydrogens is 138 g/mol. The van der Waals surface area contributed by atoms with Gasteiger partial charge in [-0.25, -0.2) is 0 Å². The van der Waals surface area contributed by atoms with Crippen molar-refractivity contribution in [3.8, 4) is 0 Å². The third-order valence-corrected chi connectivity index (χ3v) is 2.54. The Morgan fingerprint density at radius 1 is 1.27 bits per heavy atom. The van der Waals surface area contributed by atoms with Gasteiger partial charge in [0.2, 0.25) is 0 Å². The van der Waals surface area contributed by atoms with Crippen molar-refractivity contribution in [1.82, 2.24) is 5.32 Å². The molecule has 2 heteroatoms. The van der Waals surface area contributed by atoms with Gasteiger partial charge in [-0.1, -0.05) is 13.3 Å². The molecule has 0 aliphatic carbocycles. The molecule has 1 fully saturated rings. The van der Waals surface area contributed by atoms with E-state index in [1.54, 1.807) is 0 Å². The largest absolute Gasteiger partial charge is 0.381 e. The Kier molecular flexibility index (Phi) is 3.87. The highest BCUT2D eigenvalue weighted by atomic mass is 16.5. The Hall–Kier alpha value is -0.0800. The summed E-state index contributed by atoms with van der Waals surface area (Å²) in [5, 5.41) is 3.40. The van der Waals surface area contributed by atoms with Gasteiger partial charge in [0.25, 0.3) is 0 Å². The van der Waals surface area contributed by atoms with Gasteiger partial charge in [0.1, 0.15) is 0 Å². The first-order valence-corrected chi connectivity index (χ1v) is 4.66. The van der Waals surface area contributed by atoms with Crippen LogP contribution in [0.2, 0.25) is 0 Å². The molecule has 2 atom stereocenters. The minimum absolute atomic E-state index is 0.764. The number of rotatable bonds is 4. The van der Waals surface area contributed by atoms with Gasteiger partial charge < -0.3 is 10.1 Å². The van der Waals surface area contributed by atoms with E-state index in [1.165, 1.54) is 13.0 Å². The summed E-state index contributed by atoms with van der Waals surface area (Å²) in [6, 6.07) is 0. The molecule has 0 bridgehead atoms. The lowest BCUT2D eigenvalue weighted by Gasteiger charge is -2.15. The lowest BCUT2D eigenvalue weighted by molar-refractivity contribution is 0.100. The molecule has 0 aromatic carbocycles. The minimum atomic E-state index is 0.764. The molecule has 0 aromatic rings. The molecule has 1 aliphatic rings. The van der Waals surface area contributed by atoms with Gasteiger partial charge in [0.05, 0.1) is 6.61 Å². The number of hydrogen-bond donors (Lipinski definition) is 1. The van der Waals surface area contributed by atoms with Gasteiger partial charge in [0.15, 0.2) is 0 Å². The molecule has 66 valence electrons. The normalized spacial score (nSPS) is 31.1. The van der Waals surface area contributed by atoms with Crippen LogP contribution in [0, 0.1) is 11.8 Å². The molecule has 1 rings (SSSR count). The van der Waals surface area contributed by atoms with Crippen LogP contribution < -0.4 is 5.32 Å². The van der Waals surface area contributed by atoms with Crippen molar-refractivity contribution < 1.29 is 4.74 Å². The van der Waals surface area contributed by atoms with Crippen LogP contribution in [0.4, 0.5) is 0 Å². The number of ether oxygens (including phenoxy) is 1. The summed E-state index contributed by atoms with van der Waals surface area (Å²) in [6.45, 7) is 8.46. The van der Waals surface area contributed by atoms with Crippen molar-refractivity contribution >= 4 is 0 Å². The SMILES string of the molecule is CCOCC1CNCC1CC. The lowest BCUT2D eigenvalue weighted by atomic mass is 9.95. The van der Waals surface area contributed by atoms with Crippen LogP contribution in [0.15, 0.2) is 0 Å². The van der Waals surface area contributed by atoms with Crippen molar-refractivity contribution in [2.24, 2.45) is 11.8 Å². The number of nitrogens with one attached hydrogen (secondary N) is 1. The molecule has 1 N–H and O–H groups in total. The van der Waals surface area contributed by atoms with Crippen molar-refractivity contribution in [2.75, 3.05) is 26.3 Å². The van der Waals surface area contributed by atoms with Crippen molar-refractivity contribution in [3.63, 3.8) is 0 Å². The molecular formula is C9H19NO. The smallest absolute Gasteiger partial charge is 0.0509 e. The summed E-state index contributed by atoms with van der Waals surface area (Å²) in [7, 11) is 0. The second kappa shape index (κ2) is 4.73. The summed E-state index contributed by atoms with van der Waals surface area (Å²) >= 11 is 0. The summed E-state index contributed by atoms with van der Waals surface area (Å²) in [5.74, 6) is 1.61. The van der Waals surface area contributed by atoms with Crippen molar-refractivity contribution in [2.45, 2.75) is 20.3 Å². The van der Waals surface area contributed by atoms with Gasteiger partial charge in [-0.2, -0.15) is 0 Å². The standard InChI is InChI=1S/C9H19NO/c1-3-8-5-10-6-9(8)7-11-4-2/h8-10H,3-7H2,1-2H3. The average molecular weight is 157 g/mol. The van der Waals surface area contributed by atoms with Gasteiger partial charge >= 0.3 is 0 Å². The van der Waals surface area contributed by atoms with Crippen LogP contribution in [0.5, 0.6) is 0 Å². The monoisotopic (exact) mass is 157 g/mol. The van der Waals surface area contributed by atoms with E-state index in [-0.39, 0.29) is 0 Å². The van der Waals surface area contributed by atoms with Gasteiger partial charge in [0, 0.05) is 13.2 Å². The zero-order valence-corrected chi connectivity index (χ0v) is 7.60. The van der Waals surface area contributed by atoms with Crippen LogP contribution in [0.25, 0.3) is 0 Å². The summed E-state index contributed by atoms with van der Waals surface area (Å²) < 4.78 is 5.41. The summed E-state index contributed by atoms with van der Waals surface area (Å²) in [4.78, 5) is 0. The fourth-order valence-electron chi connectivity index (χ4n) is 1.73. The highest BCUT2D eigenvalue weighted by Gasteiger charge is 2.24. The fraction of sp³-hybridized carbons (Fsp3) is 1.00. The first-order valence-electron chi connectivity index (χ1n) is 4.66. The molecule has 2 nitrogen and oxygen atoms in total. The van der Waals surface area contributed by atoms with E-state index in [9.17, 15) is 0 Å². The lowest BCUT2D eigenvalue weighted by Crippen LogP contribution is -2.18. The van der Waals surface area contributed by atoms with Gasteiger partial charge in [-0.05, 0) is 25.3 Å². The fourth-order valence-corrected chi connectivity index (χ4v) is 1.73. The van der Waals surface area contributed by atoms with E-state index < -0.39 is 0 Å². The Balaban J connectivity index is 2.20. The molecule has 0 aromatic heterocycles. The van der Waals surface area contributed by atoms with Gasteiger partial charge in [-0.15, -0.1) is 0 Å². The maximum Gasteiger partial charge on any atom is 0.0509 e. The van der Waals surface area contributed by atoms with E-state index in [0.717, 1.165) is 31.6 Å². The number of hydrogen-bond acceptors (Lipinski definition) is 2. The van der Waals surface area contributed by atoms with E-state index in [1.807, 2.05) is 0 Å². The molecule has 0 radical (unpaired) electrons. The predicted molar refractivity (Wildman–Crippen MR) is 46.6 cm³/mol. The van der Waals surface area contributed by atoms with Crippen LogP contribution in [-0.4, -0.2) is 26.3 Å². The van der Waals surface area contributed by atoms with E-state index in [0.29, 0.717) is 0 Å². The highest BCUT2D eigenvalue weighted by molar-refractivity contribution is 4.79. The first kappa shape index (κ1) is 9.01. The molecule has 1 saturated heterocycles. The minimum Gasteiger partial charge on any atom is -0.381 e. The quantitative estimate of drug-likeness (QED) is 0.663. The van der Waals surface area contributed by atoms with Crippen LogP contribution in [0.3, 0.4) is 0 Å². The van der Waals surface area contributed by atoms with E-state index >= 15 is 0 Å². The topological polar surface area (TPSA) is 21.3 Å². The second-order valence-corrected chi connectivity index (χ2v) is 3.25. The van der Waals surface area contributed by atoms with Gasteiger partial charge in [-0.3, -0.25) is 0 Å². The molecule has 0 saturated carbocycles. The van der Waals surface area contributed by atoms with Crippen molar-refractivity contribution in [3.05, 3.63) is 0 Å². The molecule has 1 aliphatic heterocycles. The zero-order chi connectivity index (χ0) is 8.10. The Labute approximate surface area is 69.3 Å². The Bertz CT molecular complexity index is 106. The Morgan fingerprint density at radius 2 is 2.00 bits per heavy atom. The van der Waals surface area contributed by atoms with Crippen LogP contribution in [-0.2, 0) is 4.74 Å². The average Bonchev–Trinajstić information content (AvgIpc) is 2.47. The maximum absolute atomic E-state index is 5.41. The van der Waals surface area contributed by atoms with Crippen LogP contribution >= 0.6 is 0 Å². The molecule has 1 heterocycles. The van der Waals surface area contributed by atoms with Crippen molar-refractivity contribution in [1.29, 1.82) is 0 Å². The van der Waals surface area contributed by atoms with E-state index in [4.69, 9.17) is 4.74 Å². The summed E-state index contributed by atoms with van der Waals surface area (Å²) in [5.41, 5.74) is 0. The second-order valence-electron chi connectivity index (χ2n) is 3.25. The molecule has 2 unspecified atom stereocenters. The molecule has 11 heavy (non-hydrogen) atoms. The highest BCUT2D eigenvalue weighted by Crippen LogP contribution is 2.19. The Morgan fingerprint density at radius 3 is 2.64 bits per heavy atom. The van der Waals surface area contributed by atoms with Crippen LogP contribution in [0.1, 0.15) is 20.3 Å². The molecule has 0 amide bonds. The molecule has 0 spiro atoms. The van der Waals surface area contributed by atoms with E-state index in [2.05, 4.69) is 19.2 Å². The third-order valence-electron chi connectivity index (χ3n) is 2.54. The first-order chi connectivity index (χ1) is 5.38. The predicted octanol–water partition coefficient (Wildman–Crippen LogP) is 1.27. The maximum atomic E-state index is 5.41. The summed E-state index contributed by atoms with van der Waals surface area (Å²) in [6.07, 6.45) is 1.28. The zero-order valence-electron chi connectivity index (χ0n) is 7.60.